The molecule has 1 aromatic carbocycles. The molecule has 4 rings (SSSR count). The second-order valence-corrected chi connectivity index (χ2v) is 15.3. The zero-order valence-electron chi connectivity index (χ0n) is 19.0. The summed E-state index contributed by atoms with van der Waals surface area (Å²) in [7, 11) is -1.17. The molecule has 2 aromatic heterocycles. The molecule has 2 N–H and O–H groups in total. The average molecular weight is 461 g/mol. The molecule has 0 bridgehead atoms. The number of anilines is 1. The molecule has 3 heterocycles. The SMILES string of the molecule is Cc1nnc(-c2ncn3c2CCC(c2c(F)ccc(N)c2F)C3)n1COCC[Si](C)(C)C. The van der Waals surface area contributed by atoms with Gasteiger partial charge in [0.2, 0.25) is 0 Å². The molecule has 0 saturated heterocycles. The van der Waals surface area contributed by atoms with Crippen molar-refractivity contribution in [1.29, 1.82) is 0 Å². The second-order valence-electron chi connectivity index (χ2n) is 9.64. The molecule has 172 valence electrons. The van der Waals surface area contributed by atoms with Crippen molar-refractivity contribution < 1.29 is 13.5 Å². The van der Waals surface area contributed by atoms with Gasteiger partial charge >= 0.3 is 0 Å². The minimum Gasteiger partial charge on any atom is -0.396 e. The predicted octanol–water partition coefficient (Wildman–Crippen LogP) is 4.35. The van der Waals surface area contributed by atoms with E-state index in [2.05, 4.69) is 34.8 Å². The van der Waals surface area contributed by atoms with Crippen LogP contribution in [0.1, 0.15) is 29.4 Å². The highest BCUT2D eigenvalue weighted by atomic mass is 28.3. The molecule has 0 spiro atoms. The van der Waals surface area contributed by atoms with Gasteiger partial charge in [0.1, 0.15) is 24.1 Å². The van der Waals surface area contributed by atoms with Gasteiger partial charge in [0.25, 0.3) is 0 Å². The van der Waals surface area contributed by atoms with Crippen LogP contribution in [0.3, 0.4) is 0 Å². The first kappa shape index (κ1) is 22.6. The molecule has 32 heavy (non-hydrogen) atoms. The maximum Gasteiger partial charge on any atom is 0.186 e. The molecule has 0 fully saturated rings. The van der Waals surface area contributed by atoms with E-state index in [-0.39, 0.29) is 17.2 Å². The minimum absolute atomic E-state index is 0.0313. The molecule has 1 atom stereocenters. The lowest BCUT2D eigenvalue weighted by Gasteiger charge is -2.26. The number of nitrogens with two attached hydrogens (primary N) is 1. The lowest BCUT2D eigenvalue weighted by molar-refractivity contribution is 0.0866. The Labute approximate surface area is 187 Å². The topological polar surface area (TPSA) is 83.8 Å². The highest BCUT2D eigenvalue weighted by molar-refractivity contribution is 6.76. The Morgan fingerprint density at radius 3 is 2.75 bits per heavy atom. The van der Waals surface area contributed by atoms with Crippen LogP contribution in [0.25, 0.3) is 11.5 Å². The normalized spacial score (nSPS) is 16.4. The van der Waals surface area contributed by atoms with Crippen LogP contribution in [-0.4, -0.2) is 39.0 Å². The van der Waals surface area contributed by atoms with Crippen LogP contribution in [0.5, 0.6) is 0 Å². The van der Waals surface area contributed by atoms with Gasteiger partial charge in [-0.25, -0.2) is 13.8 Å². The van der Waals surface area contributed by atoms with Crippen LogP contribution in [0, 0.1) is 18.6 Å². The van der Waals surface area contributed by atoms with E-state index in [0.29, 0.717) is 38.5 Å². The molecule has 0 amide bonds. The van der Waals surface area contributed by atoms with E-state index in [1.807, 2.05) is 16.1 Å². The van der Waals surface area contributed by atoms with E-state index >= 15 is 0 Å². The van der Waals surface area contributed by atoms with E-state index in [9.17, 15) is 8.78 Å². The quantitative estimate of drug-likeness (QED) is 0.322. The van der Waals surface area contributed by atoms with Crippen molar-refractivity contribution in [3.05, 3.63) is 47.2 Å². The summed E-state index contributed by atoms with van der Waals surface area (Å²) in [5, 5.41) is 8.56. The number of benzene rings is 1. The fraction of sp³-hybridized carbons (Fsp3) is 0.500. The summed E-state index contributed by atoms with van der Waals surface area (Å²) < 4.78 is 38.7. The number of nitrogen functional groups attached to an aromatic ring is 1. The number of nitrogens with zero attached hydrogens (tertiary/aromatic N) is 5. The van der Waals surface area contributed by atoms with Crippen molar-refractivity contribution in [2.75, 3.05) is 12.3 Å². The Kier molecular flexibility index (Phi) is 6.17. The summed E-state index contributed by atoms with van der Waals surface area (Å²) in [6.07, 6.45) is 2.92. The Morgan fingerprint density at radius 2 is 2.00 bits per heavy atom. The Bertz CT molecular complexity index is 1120. The van der Waals surface area contributed by atoms with Crippen LogP contribution in [0.15, 0.2) is 18.5 Å². The van der Waals surface area contributed by atoms with Crippen molar-refractivity contribution >= 4 is 13.8 Å². The van der Waals surface area contributed by atoms with E-state index < -0.39 is 19.7 Å². The molecule has 1 unspecified atom stereocenters. The maximum absolute atomic E-state index is 14.5. The lowest BCUT2D eigenvalue weighted by Crippen LogP contribution is -2.22. The Balaban J connectivity index is 1.55. The Morgan fingerprint density at radius 1 is 1.22 bits per heavy atom. The number of aromatic nitrogens is 5. The van der Waals surface area contributed by atoms with Crippen LogP contribution >= 0.6 is 0 Å². The molecule has 1 aliphatic heterocycles. The van der Waals surface area contributed by atoms with Gasteiger partial charge in [-0.15, -0.1) is 10.2 Å². The summed E-state index contributed by atoms with van der Waals surface area (Å²) in [4.78, 5) is 4.58. The zero-order chi connectivity index (χ0) is 23.0. The molecule has 0 aliphatic carbocycles. The van der Waals surface area contributed by atoms with Gasteiger partial charge in [-0.1, -0.05) is 19.6 Å². The molecule has 1 aliphatic rings. The minimum atomic E-state index is -1.17. The third kappa shape index (κ3) is 4.47. The highest BCUT2D eigenvalue weighted by Crippen LogP contribution is 2.36. The fourth-order valence-corrected chi connectivity index (χ4v) is 4.85. The monoisotopic (exact) mass is 460 g/mol. The first-order valence-electron chi connectivity index (χ1n) is 10.9. The first-order valence-corrected chi connectivity index (χ1v) is 14.6. The largest absolute Gasteiger partial charge is 0.396 e. The number of hydrogen-bond acceptors (Lipinski definition) is 5. The lowest BCUT2D eigenvalue weighted by atomic mass is 9.89. The van der Waals surface area contributed by atoms with Crippen molar-refractivity contribution in [3.8, 4) is 11.5 Å². The smallest absolute Gasteiger partial charge is 0.186 e. The number of halogens is 2. The summed E-state index contributed by atoms with van der Waals surface area (Å²) >= 11 is 0. The average Bonchev–Trinajstić information content (AvgIpc) is 3.30. The number of aryl methyl sites for hydroxylation is 1. The number of hydrogen-bond donors (Lipinski definition) is 1. The number of rotatable bonds is 7. The predicted molar refractivity (Wildman–Crippen MR) is 122 cm³/mol. The van der Waals surface area contributed by atoms with Gasteiger partial charge in [-0.05, 0) is 37.9 Å². The van der Waals surface area contributed by atoms with Crippen LogP contribution in [0.4, 0.5) is 14.5 Å². The Hall–Kier alpha value is -2.59. The van der Waals surface area contributed by atoms with E-state index in [0.717, 1.165) is 23.3 Å². The molecular weight excluding hydrogens is 430 g/mol. The first-order chi connectivity index (χ1) is 15.2. The number of imidazole rings is 1. The van der Waals surface area contributed by atoms with E-state index in [4.69, 9.17) is 10.5 Å². The van der Waals surface area contributed by atoms with Crippen molar-refractivity contribution in [3.63, 3.8) is 0 Å². The van der Waals surface area contributed by atoms with Gasteiger partial charge in [-0.2, -0.15) is 0 Å². The third-order valence-corrected chi connectivity index (χ3v) is 7.73. The van der Waals surface area contributed by atoms with E-state index in [1.165, 1.54) is 12.1 Å². The molecule has 7 nitrogen and oxygen atoms in total. The summed E-state index contributed by atoms with van der Waals surface area (Å²) in [6, 6.07) is 3.58. The zero-order valence-corrected chi connectivity index (χ0v) is 20.0. The van der Waals surface area contributed by atoms with E-state index in [1.54, 1.807) is 6.33 Å². The fourth-order valence-electron chi connectivity index (χ4n) is 4.09. The third-order valence-electron chi connectivity index (χ3n) is 6.02. The number of fused-ring (bicyclic) bond motifs is 1. The van der Waals surface area contributed by atoms with Crippen LogP contribution in [0.2, 0.25) is 25.7 Å². The van der Waals surface area contributed by atoms with Gasteiger partial charge in [-0.3, -0.25) is 4.57 Å². The molecule has 0 radical (unpaired) electrons. The summed E-state index contributed by atoms with van der Waals surface area (Å²) in [5.41, 5.74) is 7.43. The molecule has 0 saturated carbocycles. The maximum atomic E-state index is 14.5. The highest BCUT2D eigenvalue weighted by Gasteiger charge is 2.29. The molecule has 3 aromatic rings. The van der Waals surface area contributed by atoms with Crippen LogP contribution < -0.4 is 5.73 Å². The molecule has 10 heteroatoms. The summed E-state index contributed by atoms with van der Waals surface area (Å²) in [5.74, 6) is -0.116. The standard InChI is InChI=1S/C22H30F2N6OSi/c1-14-27-28-22(30(14)13-31-9-10-32(2,3)4)21-18-8-5-15(11-29(18)12-26-21)19-16(23)6-7-17(25)20(19)24/h6-7,12,15H,5,8-11,13,25H2,1-4H3. The summed E-state index contributed by atoms with van der Waals surface area (Å²) in [6.45, 7) is 10.3. The van der Waals surface area contributed by atoms with Crippen molar-refractivity contribution in [2.45, 2.75) is 64.6 Å². The number of ether oxygens (including phenoxy) is 1. The van der Waals surface area contributed by atoms with Crippen molar-refractivity contribution in [1.82, 2.24) is 24.3 Å². The van der Waals surface area contributed by atoms with Gasteiger partial charge in [0.05, 0.1) is 12.0 Å². The molecular formula is C22H30F2N6OSi. The van der Waals surface area contributed by atoms with Crippen LogP contribution in [-0.2, 0) is 24.4 Å². The van der Waals surface area contributed by atoms with Gasteiger partial charge in [0.15, 0.2) is 11.6 Å². The second kappa shape index (κ2) is 8.74. The van der Waals surface area contributed by atoms with Gasteiger partial charge < -0.3 is 15.0 Å². The van der Waals surface area contributed by atoms with Crippen molar-refractivity contribution in [2.24, 2.45) is 0 Å². The van der Waals surface area contributed by atoms with Gasteiger partial charge in [0, 0.05) is 38.4 Å².